The molecule has 3 rings (SSSR count). The number of anilines is 2. The molecule has 0 fully saturated rings. The second kappa shape index (κ2) is 7.28. The number of nitrogens with two attached hydrogens (primary N) is 2. The first-order valence-electron chi connectivity index (χ1n) is 8.29. The van der Waals surface area contributed by atoms with Gasteiger partial charge < -0.3 is 21.5 Å². The van der Waals surface area contributed by atoms with Gasteiger partial charge in [-0.15, -0.1) is 0 Å². The van der Waals surface area contributed by atoms with Crippen molar-refractivity contribution >= 4 is 40.2 Å². The number of carbonyl (C=O) groups is 1. The Bertz CT molecular complexity index is 1030. The number of halogens is 1. The summed E-state index contributed by atoms with van der Waals surface area (Å²) < 4.78 is 9.43. The molecular formula is C17H21ClN7O2+. The van der Waals surface area contributed by atoms with Crippen molar-refractivity contribution in [3.63, 3.8) is 0 Å². The van der Waals surface area contributed by atoms with Crippen LogP contribution in [0.4, 0.5) is 11.6 Å². The Balaban J connectivity index is 1.92. The zero-order chi connectivity index (χ0) is 19.7. The van der Waals surface area contributed by atoms with Gasteiger partial charge in [-0.3, -0.25) is 4.79 Å². The van der Waals surface area contributed by atoms with Gasteiger partial charge in [0.05, 0.1) is 20.7 Å². The summed E-state index contributed by atoms with van der Waals surface area (Å²) in [4.78, 5) is 20.3. The minimum atomic E-state index is -0.479. The van der Waals surface area contributed by atoms with Crippen molar-refractivity contribution in [2.45, 2.75) is 20.0 Å². The van der Waals surface area contributed by atoms with Gasteiger partial charge in [0, 0.05) is 6.07 Å². The molecular weight excluding hydrogens is 370 g/mol. The highest BCUT2D eigenvalue weighted by Crippen LogP contribution is 2.21. The first kappa shape index (κ1) is 18.7. The molecule has 0 bridgehead atoms. The van der Waals surface area contributed by atoms with Crippen LogP contribution < -0.4 is 26.1 Å². The van der Waals surface area contributed by atoms with Crippen LogP contribution in [-0.4, -0.2) is 27.6 Å². The van der Waals surface area contributed by atoms with Crippen molar-refractivity contribution in [2.24, 2.45) is 7.05 Å². The Morgan fingerprint density at radius 2 is 2.07 bits per heavy atom. The molecule has 3 aromatic rings. The Morgan fingerprint density at radius 1 is 1.33 bits per heavy atom. The van der Waals surface area contributed by atoms with E-state index < -0.39 is 5.91 Å². The quantitative estimate of drug-likeness (QED) is 0.559. The minimum absolute atomic E-state index is 0.0165. The van der Waals surface area contributed by atoms with E-state index in [9.17, 15) is 4.79 Å². The number of hydrogen-bond donors (Lipinski definition) is 3. The minimum Gasteiger partial charge on any atom is -0.497 e. The van der Waals surface area contributed by atoms with Crippen LogP contribution in [0, 0.1) is 0 Å². The summed E-state index contributed by atoms with van der Waals surface area (Å²) in [5, 5.41) is 2.75. The predicted octanol–water partition coefficient (Wildman–Crippen LogP) is 1.03. The van der Waals surface area contributed by atoms with E-state index in [2.05, 4.69) is 19.9 Å². The van der Waals surface area contributed by atoms with Gasteiger partial charge in [-0.2, -0.15) is 0 Å². The topological polar surface area (TPSA) is 125 Å². The number of carbonyl (C=O) groups excluding carboxylic acids is 1. The lowest BCUT2D eigenvalue weighted by molar-refractivity contribution is -0.654. The number of hydrogen-bond acceptors (Lipinski definition) is 6. The number of ether oxygens (including phenoxy) is 1. The summed E-state index contributed by atoms with van der Waals surface area (Å²) in [6.07, 6.45) is 0. The molecule has 27 heavy (non-hydrogen) atoms. The first-order chi connectivity index (χ1) is 12.9. The average molecular weight is 391 g/mol. The Morgan fingerprint density at radius 3 is 2.74 bits per heavy atom. The zero-order valence-corrected chi connectivity index (χ0v) is 16.0. The van der Waals surface area contributed by atoms with Crippen LogP contribution in [0.5, 0.6) is 5.75 Å². The number of nitrogen functional groups attached to an aromatic ring is 2. The average Bonchev–Trinajstić information content (AvgIpc) is 2.93. The van der Waals surface area contributed by atoms with Crippen LogP contribution in [0.1, 0.15) is 23.2 Å². The zero-order valence-electron chi connectivity index (χ0n) is 15.3. The summed E-state index contributed by atoms with van der Waals surface area (Å²) in [5.74, 6) is 1.11. The number of aryl methyl sites for hydroxylation is 2. The predicted molar refractivity (Wildman–Crippen MR) is 102 cm³/mol. The van der Waals surface area contributed by atoms with Gasteiger partial charge in [-0.1, -0.05) is 11.6 Å². The molecule has 142 valence electrons. The fourth-order valence-corrected chi connectivity index (χ4v) is 3.13. The van der Waals surface area contributed by atoms with E-state index in [4.69, 9.17) is 27.8 Å². The highest BCUT2D eigenvalue weighted by atomic mass is 35.5. The third kappa shape index (κ3) is 3.33. The van der Waals surface area contributed by atoms with E-state index in [0.717, 1.165) is 29.2 Å². The van der Waals surface area contributed by atoms with E-state index in [1.54, 1.807) is 7.11 Å². The molecule has 0 unspecified atom stereocenters. The van der Waals surface area contributed by atoms with Crippen LogP contribution in [0.25, 0.3) is 11.0 Å². The summed E-state index contributed by atoms with van der Waals surface area (Å²) in [6.45, 7) is 3.03. The van der Waals surface area contributed by atoms with Crippen molar-refractivity contribution in [3.05, 3.63) is 34.9 Å². The fourth-order valence-electron chi connectivity index (χ4n) is 3.01. The van der Waals surface area contributed by atoms with E-state index >= 15 is 0 Å². The van der Waals surface area contributed by atoms with Crippen molar-refractivity contribution in [3.8, 4) is 5.75 Å². The molecule has 0 aliphatic rings. The summed E-state index contributed by atoms with van der Waals surface area (Å²) in [5.41, 5.74) is 13.3. The van der Waals surface area contributed by atoms with Gasteiger partial charge in [0.1, 0.15) is 12.3 Å². The number of aromatic nitrogens is 4. The van der Waals surface area contributed by atoms with Gasteiger partial charge in [0.15, 0.2) is 33.5 Å². The molecule has 0 radical (unpaired) electrons. The van der Waals surface area contributed by atoms with E-state index in [0.29, 0.717) is 0 Å². The number of methoxy groups -OCH3 is 1. The molecule has 0 saturated heterocycles. The maximum Gasteiger partial charge on any atom is 0.276 e. The Hall–Kier alpha value is -3.07. The van der Waals surface area contributed by atoms with Crippen molar-refractivity contribution in [1.29, 1.82) is 0 Å². The SMILES string of the molecule is CCn1c(CNC(=O)c2nc(Cl)c(N)nc2N)[n+](C)c2ccc(OC)cc21. The second-order valence-corrected chi connectivity index (χ2v) is 6.25. The molecule has 0 aliphatic carbocycles. The van der Waals surface area contributed by atoms with Crippen LogP contribution >= 0.6 is 11.6 Å². The molecule has 2 heterocycles. The van der Waals surface area contributed by atoms with Crippen molar-refractivity contribution in [2.75, 3.05) is 18.6 Å². The van der Waals surface area contributed by atoms with E-state index in [1.165, 1.54) is 0 Å². The standard InChI is InChI=1S/C17H20ClN7O2/c1-4-25-11-7-9(27-3)5-6-10(11)24(2)12(25)8-21-17(26)13-15(19)23-16(20)14(18)22-13/h5-7H,4,8H2,1-3H3,(H4-,19,20,21,23,26)/p+1. The maximum atomic E-state index is 12.5. The van der Waals surface area contributed by atoms with Crippen molar-refractivity contribution < 1.29 is 14.1 Å². The highest BCUT2D eigenvalue weighted by Gasteiger charge is 2.24. The summed E-state index contributed by atoms with van der Waals surface area (Å²) >= 11 is 5.85. The monoisotopic (exact) mass is 390 g/mol. The molecule has 0 spiro atoms. The van der Waals surface area contributed by atoms with Gasteiger partial charge in [-0.05, 0) is 19.1 Å². The number of fused-ring (bicyclic) bond motifs is 1. The van der Waals surface area contributed by atoms with Gasteiger partial charge in [0.2, 0.25) is 0 Å². The molecule has 2 aromatic heterocycles. The largest absolute Gasteiger partial charge is 0.497 e. The Kier molecular flexibility index (Phi) is 5.04. The van der Waals surface area contributed by atoms with Crippen molar-refractivity contribution in [1.82, 2.24) is 19.9 Å². The molecule has 1 amide bonds. The molecule has 0 saturated carbocycles. The molecule has 9 nitrogen and oxygen atoms in total. The number of amides is 1. The number of imidazole rings is 1. The highest BCUT2D eigenvalue weighted by molar-refractivity contribution is 6.31. The van der Waals surface area contributed by atoms with Crippen LogP contribution in [0.2, 0.25) is 5.15 Å². The summed E-state index contributed by atoms with van der Waals surface area (Å²) in [7, 11) is 3.57. The van der Waals surface area contributed by atoms with Crippen LogP contribution in [0.15, 0.2) is 18.2 Å². The summed E-state index contributed by atoms with van der Waals surface area (Å²) in [6, 6.07) is 5.85. The third-order valence-electron chi connectivity index (χ3n) is 4.38. The lowest BCUT2D eigenvalue weighted by Gasteiger charge is -2.07. The van der Waals surface area contributed by atoms with Crippen LogP contribution in [0.3, 0.4) is 0 Å². The third-order valence-corrected chi connectivity index (χ3v) is 4.65. The second-order valence-electron chi connectivity index (χ2n) is 5.89. The van der Waals surface area contributed by atoms with E-state index in [1.807, 2.05) is 36.7 Å². The number of benzene rings is 1. The maximum absolute atomic E-state index is 12.5. The molecule has 0 atom stereocenters. The van der Waals surface area contributed by atoms with Gasteiger partial charge in [0.25, 0.3) is 11.7 Å². The normalized spacial score (nSPS) is 11.0. The number of nitrogens with one attached hydrogen (secondary N) is 1. The van der Waals surface area contributed by atoms with Gasteiger partial charge in [-0.25, -0.2) is 19.1 Å². The molecule has 0 aliphatic heterocycles. The lowest BCUT2D eigenvalue weighted by atomic mass is 10.3. The van der Waals surface area contributed by atoms with Gasteiger partial charge >= 0.3 is 0 Å². The number of nitrogens with zero attached hydrogens (tertiary/aromatic N) is 4. The fraction of sp³-hybridized carbons (Fsp3) is 0.294. The first-order valence-corrected chi connectivity index (χ1v) is 8.67. The van der Waals surface area contributed by atoms with Crippen LogP contribution in [-0.2, 0) is 20.1 Å². The molecule has 1 aromatic carbocycles. The molecule has 10 heteroatoms. The number of rotatable bonds is 5. The Labute approximate surface area is 160 Å². The molecule has 5 N–H and O–H groups in total. The van der Waals surface area contributed by atoms with E-state index in [-0.39, 0.29) is 29.0 Å². The lowest BCUT2D eigenvalue weighted by Crippen LogP contribution is -2.38. The smallest absolute Gasteiger partial charge is 0.276 e.